The summed E-state index contributed by atoms with van der Waals surface area (Å²) in [4.78, 5) is 40.8. The Hall–Kier alpha value is -1.89. The summed E-state index contributed by atoms with van der Waals surface area (Å²) in [5.74, 6) is 1.72. The first-order valence-corrected chi connectivity index (χ1v) is 19.4. The van der Waals surface area contributed by atoms with Crippen LogP contribution in [0.1, 0.15) is 132 Å². The summed E-state index contributed by atoms with van der Waals surface area (Å²) in [5.41, 5.74) is 0.683. The van der Waals surface area contributed by atoms with Crippen LogP contribution < -0.4 is 5.32 Å². The van der Waals surface area contributed by atoms with Gasteiger partial charge in [0, 0.05) is 38.0 Å². The number of amides is 1. The molecule has 270 valence electrons. The molecule has 7 nitrogen and oxygen atoms in total. The second kappa shape index (κ2) is 12.1. The number of aliphatic carboxylic acids is 1. The van der Waals surface area contributed by atoms with Crippen LogP contribution in [0.25, 0.3) is 0 Å². The molecule has 5 saturated carbocycles. The summed E-state index contributed by atoms with van der Waals surface area (Å²) < 4.78 is 6.18. The van der Waals surface area contributed by atoms with Crippen molar-refractivity contribution in [1.82, 2.24) is 10.2 Å². The summed E-state index contributed by atoms with van der Waals surface area (Å²) in [6.45, 7) is 26.0. The largest absolute Gasteiger partial charge is 0.481 e. The van der Waals surface area contributed by atoms with Gasteiger partial charge in [-0.1, -0.05) is 46.8 Å². The number of esters is 1. The predicted molar refractivity (Wildman–Crippen MR) is 189 cm³/mol. The number of ether oxygens (including phenoxy) is 1. The number of rotatable bonds is 7. The molecule has 0 spiro atoms. The molecule has 0 aromatic heterocycles. The second-order valence-electron chi connectivity index (χ2n) is 19.6. The Morgan fingerprint density at radius 3 is 2.21 bits per heavy atom. The zero-order valence-electron chi connectivity index (χ0n) is 31.5. The highest BCUT2D eigenvalue weighted by atomic mass is 16.5. The standard InChI is InChI=1S/C41H66N2O5/c1-26(2)27-12-17-41(24-32(44)43-22-20-42-21-23-43)19-18-39(8)28(34(27)41)10-11-30-38(7)15-14-31(48-33(45)25-36(3,4)35(46)47)37(5,6)29(38)13-16-40(30,39)9/h27-31,34,42H,1,10-25H2,2-9H3,(H,46,47)/t27-,28+,29?,30?,31-,34?,38-,39+,40+,41+/m0/s1. The van der Waals surface area contributed by atoms with Crippen LogP contribution in [0.4, 0.5) is 0 Å². The van der Waals surface area contributed by atoms with E-state index in [1.165, 1.54) is 37.7 Å². The summed E-state index contributed by atoms with van der Waals surface area (Å²) in [7, 11) is 0. The van der Waals surface area contributed by atoms with E-state index < -0.39 is 11.4 Å². The average molecular weight is 667 g/mol. The lowest BCUT2D eigenvalue weighted by Crippen LogP contribution is -2.67. The molecule has 2 N–H and O–H groups in total. The van der Waals surface area contributed by atoms with Gasteiger partial charge >= 0.3 is 11.9 Å². The molecule has 0 aromatic carbocycles. The third-order valence-corrected chi connectivity index (χ3v) is 16.6. The van der Waals surface area contributed by atoms with Gasteiger partial charge in [-0.15, -0.1) is 0 Å². The predicted octanol–water partition coefficient (Wildman–Crippen LogP) is 7.88. The van der Waals surface area contributed by atoms with Crippen molar-refractivity contribution in [1.29, 1.82) is 0 Å². The topological polar surface area (TPSA) is 95.9 Å². The third kappa shape index (κ3) is 5.41. The van der Waals surface area contributed by atoms with Crippen LogP contribution >= 0.6 is 0 Å². The van der Waals surface area contributed by atoms with Gasteiger partial charge in [0.1, 0.15) is 6.10 Å². The van der Waals surface area contributed by atoms with Crippen molar-refractivity contribution >= 4 is 17.8 Å². The number of carboxylic acids is 1. The molecule has 0 radical (unpaired) electrons. The highest BCUT2D eigenvalue weighted by Crippen LogP contribution is 2.78. The van der Waals surface area contributed by atoms with Crippen LogP contribution in [0.3, 0.4) is 0 Å². The van der Waals surface area contributed by atoms with Gasteiger partial charge in [-0.3, -0.25) is 14.4 Å². The first kappa shape index (κ1) is 35.9. The molecule has 48 heavy (non-hydrogen) atoms. The molecule has 3 unspecified atom stereocenters. The van der Waals surface area contributed by atoms with Crippen LogP contribution in [0, 0.1) is 62.1 Å². The normalized spacial score (nSPS) is 43.6. The Bertz CT molecular complexity index is 1320. The summed E-state index contributed by atoms with van der Waals surface area (Å²) in [6, 6.07) is 0. The number of hydrogen-bond acceptors (Lipinski definition) is 5. The Morgan fingerprint density at radius 2 is 1.56 bits per heavy atom. The fourth-order valence-electron chi connectivity index (χ4n) is 13.7. The zero-order valence-corrected chi connectivity index (χ0v) is 31.5. The molecule has 1 aliphatic heterocycles. The molecule has 6 rings (SSSR count). The molecule has 6 aliphatic rings. The molecule has 0 aromatic rings. The van der Waals surface area contributed by atoms with Gasteiger partial charge in [-0.25, -0.2) is 0 Å². The summed E-state index contributed by atoms with van der Waals surface area (Å²) in [5, 5.41) is 13.0. The Balaban J connectivity index is 1.25. The number of fused-ring (bicyclic) bond motifs is 7. The molecule has 1 amide bonds. The SMILES string of the molecule is C=C(C)[C@@H]1CC[C@]2(CC(=O)N3CCNCC3)CC[C@]3(C)[C@H](CCC4[C@@]5(C)CC[C@H](OC(=O)CC(C)(C)C(=O)O)C(C)(C)C5CC[C@]43C)C12. The van der Waals surface area contributed by atoms with E-state index in [9.17, 15) is 19.5 Å². The maximum Gasteiger partial charge on any atom is 0.309 e. The number of allylic oxidation sites excluding steroid dienone is 1. The van der Waals surface area contributed by atoms with Crippen molar-refractivity contribution in [2.24, 2.45) is 62.1 Å². The number of carboxylic acid groups (broad SMARTS) is 1. The first-order chi connectivity index (χ1) is 22.3. The number of nitrogens with one attached hydrogen (secondary N) is 1. The number of carbonyl (C=O) groups is 3. The van der Waals surface area contributed by atoms with E-state index in [-0.39, 0.29) is 45.6 Å². The maximum atomic E-state index is 13.9. The van der Waals surface area contributed by atoms with E-state index in [1.54, 1.807) is 13.8 Å². The van der Waals surface area contributed by atoms with Gasteiger partial charge in [0.15, 0.2) is 0 Å². The molecular weight excluding hydrogens is 600 g/mol. The molecule has 10 atom stereocenters. The lowest BCUT2D eigenvalue weighted by Gasteiger charge is -2.73. The highest BCUT2D eigenvalue weighted by Gasteiger charge is 2.71. The summed E-state index contributed by atoms with van der Waals surface area (Å²) in [6.07, 6.45) is 11.8. The number of nitrogens with zero attached hydrogens (tertiary/aromatic N) is 1. The van der Waals surface area contributed by atoms with Crippen LogP contribution in [-0.2, 0) is 19.1 Å². The smallest absolute Gasteiger partial charge is 0.309 e. The van der Waals surface area contributed by atoms with Crippen LogP contribution in [0.15, 0.2) is 12.2 Å². The third-order valence-electron chi connectivity index (χ3n) is 16.6. The Kier molecular flexibility index (Phi) is 9.07. The van der Waals surface area contributed by atoms with E-state index in [0.29, 0.717) is 41.9 Å². The monoisotopic (exact) mass is 666 g/mol. The molecule has 1 saturated heterocycles. The Labute approximate surface area is 290 Å². The molecule has 1 heterocycles. The van der Waals surface area contributed by atoms with E-state index in [1.807, 2.05) is 0 Å². The van der Waals surface area contributed by atoms with E-state index in [2.05, 4.69) is 58.3 Å². The average Bonchev–Trinajstić information content (AvgIpc) is 3.39. The minimum atomic E-state index is -1.14. The van der Waals surface area contributed by atoms with Gasteiger partial charge in [0.25, 0.3) is 0 Å². The minimum absolute atomic E-state index is 0.0964. The van der Waals surface area contributed by atoms with Gasteiger partial charge in [-0.2, -0.15) is 0 Å². The zero-order chi connectivity index (χ0) is 35.1. The molecule has 5 aliphatic carbocycles. The molecule has 6 fully saturated rings. The van der Waals surface area contributed by atoms with Crippen LogP contribution in [-0.4, -0.2) is 60.1 Å². The lowest BCUT2D eigenvalue weighted by atomic mass is 9.32. The number of carbonyl (C=O) groups excluding carboxylic acids is 2. The van der Waals surface area contributed by atoms with Gasteiger partial charge in [-0.05, 0) is 136 Å². The molecular formula is C41H66N2O5. The van der Waals surface area contributed by atoms with E-state index >= 15 is 0 Å². The van der Waals surface area contributed by atoms with Crippen molar-refractivity contribution in [3.05, 3.63) is 12.2 Å². The quantitative estimate of drug-likeness (QED) is 0.212. The maximum absolute atomic E-state index is 13.9. The fraction of sp³-hybridized carbons (Fsp3) is 0.878. The molecule has 0 bridgehead atoms. The van der Waals surface area contributed by atoms with Crippen molar-refractivity contribution in [2.45, 2.75) is 139 Å². The van der Waals surface area contributed by atoms with E-state index in [0.717, 1.165) is 58.3 Å². The first-order valence-electron chi connectivity index (χ1n) is 19.4. The van der Waals surface area contributed by atoms with Crippen molar-refractivity contribution in [3.8, 4) is 0 Å². The van der Waals surface area contributed by atoms with Gasteiger partial charge < -0.3 is 20.1 Å². The Morgan fingerprint density at radius 1 is 0.875 bits per heavy atom. The van der Waals surface area contributed by atoms with Crippen molar-refractivity contribution in [2.75, 3.05) is 26.2 Å². The number of hydrogen-bond donors (Lipinski definition) is 2. The highest BCUT2D eigenvalue weighted by molar-refractivity contribution is 5.81. The van der Waals surface area contributed by atoms with Crippen LogP contribution in [0.2, 0.25) is 0 Å². The van der Waals surface area contributed by atoms with Crippen molar-refractivity contribution < 1.29 is 24.2 Å². The number of piperazine rings is 1. The van der Waals surface area contributed by atoms with Crippen molar-refractivity contribution in [3.63, 3.8) is 0 Å². The van der Waals surface area contributed by atoms with Gasteiger partial charge in [0.05, 0.1) is 11.8 Å². The van der Waals surface area contributed by atoms with Gasteiger partial charge in [0.2, 0.25) is 5.91 Å². The lowest BCUT2D eigenvalue weighted by molar-refractivity contribution is -0.250. The molecule has 7 heteroatoms. The fourth-order valence-corrected chi connectivity index (χ4v) is 13.7. The minimum Gasteiger partial charge on any atom is -0.481 e. The van der Waals surface area contributed by atoms with E-state index in [4.69, 9.17) is 4.74 Å². The summed E-state index contributed by atoms with van der Waals surface area (Å²) >= 11 is 0. The second-order valence-corrected chi connectivity index (χ2v) is 19.6. The van der Waals surface area contributed by atoms with Crippen LogP contribution in [0.5, 0.6) is 0 Å².